The van der Waals surface area contributed by atoms with Gasteiger partial charge in [0.15, 0.2) is 0 Å². The molecular weight excluding hydrogens is 793 g/mol. The van der Waals surface area contributed by atoms with Crippen molar-refractivity contribution in [2.45, 2.75) is 47.9 Å². The third-order valence-corrected chi connectivity index (χ3v) is 13.2. The second-order valence-electron chi connectivity index (χ2n) is 16.6. The molecular formula is C50H38O12. The maximum atomic E-state index is 12.4. The van der Waals surface area contributed by atoms with Crippen LogP contribution in [0.15, 0.2) is 121 Å². The van der Waals surface area contributed by atoms with Crippen LogP contribution in [0, 0.1) is 0 Å². The molecule has 10 N–H and O–H groups in total. The Morgan fingerprint density at radius 3 is 1.16 bits per heavy atom. The zero-order chi connectivity index (χ0) is 42.9. The summed E-state index contributed by atoms with van der Waals surface area (Å²) in [5.74, 6) is -6.39. The van der Waals surface area contributed by atoms with Crippen molar-refractivity contribution in [2.75, 3.05) is 0 Å². The number of phenols is 9. The summed E-state index contributed by atoms with van der Waals surface area (Å²) >= 11 is 0. The van der Waals surface area contributed by atoms with Gasteiger partial charge in [0.2, 0.25) is 6.29 Å². The van der Waals surface area contributed by atoms with Crippen molar-refractivity contribution >= 4 is 0 Å². The summed E-state index contributed by atoms with van der Waals surface area (Å²) in [6, 6.07) is 31.1. The molecule has 7 aromatic carbocycles. The monoisotopic (exact) mass is 830 g/mol. The van der Waals surface area contributed by atoms with Crippen LogP contribution in [-0.2, 0) is 0 Å². The lowest BCUT2D eigenvalue weighted by molar-refractivity contribution is -0.00988. The van der Waals surface area contributed by atoms with E-state index in [0.29, 0.717) is 66.9 Å². The zero-order valence-electron chi connectivity index (χ0n) is 32.5. The number of rotatable bonds is 4. The summed E-state index contributed by atoms with van der Waals surface area (Å²) in [7, 11) is 0. The van der Waals surface area contributed by atoms with Crippen LogP contribution in [-0.4, -0.2) is 57.4 Å². The maximum Gasteiger partial charge on any atom is 0.208 e. The largest absolute Gasteiger partial charge is 0.508 e. The van der Waals surface area contributed by atoms with E-state index in [1.807, 2.05) is 0 Å². The Bertz CT molecular complexity index is 2960. The van der Waals surface area contributed by atoms with E-state index >= 15 is 0 Å². The van der Waals surface area contributed by atoms with E-state index in [2.05, 4.69) is 0 Å². The van der Waals surface area contributed by atoms with Gasteiger partial charge >= 0.3 is 0 Å². The van der Waals surface area contributed by atoms with Crippen LogP contribution in [0.3, 0.4) is 0 Å². The molecule has 2 heterocycles. The topological polar surface area (TPSA) is 221 Å². The number of aromatic hydroxyl groups is 9. The van der Waals surface area contributed by atoms with Crippen molar-refractivity contribution in [1.29, 1.82) is 0 Å². The molecule has 12 nitrogen and oxygen atoms in total. The molecule has 2 aliphatic carbocycles. The number of aliphatic hydroxyl groups excluding tert-OH is 1. The van der Waals surface area contributed by atoms with E-state index in [1.54, 1.807) is 54.6 Å². The molecule has 2 aliphatic heterocycles. The van der Waals surface area contributed by atoms with E-state index < -0.39 is 47.9 Å². The van der Waals surface area contributed by atoms with Crippen molar-refractivity contribution < 1.29 is 60.5 Å². The predicted molar refractivity (Wildman–Crippen MR) is 223 cm³/mol. The van der Waals surface area contributed by atoms with Crippen LogP contribution in [0.4, 0.5) is 0 Å². The van der Waals surface area contributed by atoms with Crippen molar-refractivity contribution in [3.05, 3.63) is 183 Å². The van der Waals surface area contributed by atoms with Gasteiger partial charge in [-0.25, -0.2) is 0 Å². The number of hydrogen-bond acceptors (Lipinski definition) is 12. The minimum Gasteiger partial charge on any atom is -0.508 e. The number of aliphatic hydroxyl groups is 1. The fourth-order valence-corrected chi connectivity index (χ4v) is 11.0. The average Bonchev–Trinajstić information content (AvgIpc) is 3.69. The average molecular weight is 831 g/mol. The Kier molecular flexibility index (Phi) is 8.06. The van der Waals surface area contributed by atoms with E-state index in [4.69, 9.17) is 9.47 Å². The number of fused-ring (bicyclic) bond motifs is 4. The van der Waals surface area contributed by atoms with Gasteiger partial charge in [-0.2, -0.15) is 0 Å². The van der Waals surface area contributed by atoms with E-state index in [-0.39, 0.29) is 57.5 Å². The molecule has 0 radical (unpaired) electrons. The molecule has 0 bridgehead atoms. The zero-order valence-corrected chi connectivity index (χ0v) is 32.5. The van der Waals surface area contributed by atoms with Crippen LogP contribution in [0.5, 0.6) is 63.2 Å². The molecule has 0 saturated carbocycles. The van der Waals surface area contributed by atoms with Crippen LogP contribution in [0.25, 0.3) is 0 Å². The molecule has 12 heteroatoms. The minimum atomic E-state index is -1.52. The SMILES string of the molecule is Oc1ccc([C@@H]2c3c(O)cc(O)cc3[C@@H]3c4c(cc(O)cc4[C@H]2[C@@H]2c4cc(O)cc5c4[C@@H](c4cc(O)cc(O)c4[C@H]2c2ccc(O)cc2)[C@H](c2ccc(O)cc2)O5)O[C@H]3O)cc1. The van der Waals surface area contributed by atoms with Crippen LogP contribution < -0.4 is 9.47 Å². The molecule has 4 aliphatic rings. The Hall–Kier alpha value is -7.70. The number of phenolic OH excluding ortho intramolecular Hbond substituents is 9. The summed E-state index contributed by atoms with van der Waals surface area (Å²) in [6.07, 6.45) is -2.33. The molecule has 0 unspecified atom stereocenters. The molecule has 62 heavy (non-hydrogen) atoms. The number of hydrogen-bond donors (Lipinski definition) is 10. The van der Waals surface area contributed by atoms with Gasteiger partial charge in [0, 0.05) is 70.2 Å². The first-order chi connectivity index (χ1) is 29.8. The summed E-state index contributed by atoms with van der Waals surface area (Å²) in [6.45, 7) is 0. The van der Waals surface area contributed by atoms with Crippen molar-refractivity contribution in [3.8, 4) is 63.2 Å². The molecule has 0 amide bonds. The first-order valence-electron chi connectivity index (χ1n) is 20.1. The Labute approximate surface area is 353 Å². The van der Waals surface area contributed by atoms with E-state index in [9.17, 15) is 51.1 Å². The Morgan fingerprint density at radius 2 is 0.694 bits per heavy atom. The molecule has 7 aromatic rings. The predicted octanol–water partition coefficient (Wildman–Crippen LogP) is 8.30. The van der Waals surface area contributed by atoms with Gasteiger partial charge in [-0.15, -0.1) is 0 Å². The van der Waals surface area contributed by atoms with E-state index in [0.717, 1.165) is 0 Å². The molecule has 0 spiro atoms. The van der Waals surface area contributed by atoms with Crippen LogP contribution >= 0.6 is 0 Å². The van der Waals surface area contributed by atoms with Gasteiger partial charge in [-0.3, -0.25) is 0 Å². The summed E-state index contributed by atoms with van der Waals surface area (Å²) < 4.78 is 12.8. The highest BCUT2D eigenvalue weighted by Gasteiger charge is 2.54. The Balaban J connectivity index is 1.33. The first-order valence-corrected chi connectivity index (χ1v) is 20.1. The molecule has 310 valence electrons. The molecule has 0 saturated heterocycles. The van der Waals surface area contributed by atoms with Gasteiger partial charge in [0.1, 0.15) is 69.3 Å². The maximum absolute atomic E-state index is 12.4. The molecule has 0 fully saturated rings. The summed E-state index contributed by atoms with van der Waals surface area (Å²) in [5.41, 5.74) is 5.48. The standard InChI is InChI=1S/C50H38O12/c51-24-7-1-21(2-8-24)39-41-31(13-27(54)17-35(41)58)47-43-33(15-29(56)19-37(43)61-49(47)23-5-11-26(53)12-6-23)45(39)46-34-16-30(57)20-38-44(34)48(50(60)62-38)32-14-28(55)18-36(59)42(32)40(46)22-3-9-25(52)10-4-22/h1-20,39-40,45-60H/t39-,40-,45-,46-,47-,48-,49+,50-/m1/s1. The summed E-state index contributed by atoms with van der Waals surface area (Å²) in [4.78, 5) is 0. The number of benzene rings is 7. The van der Waals surface area contributed by atoms with Gasteiger partial charge in [0.25, 0.3) is 0 Å². The highest BCUT2D eigenvalue weighted by molar-refractivity contribution is 5.70. The fourth-order valence-electron chi connectivity index (χ4n) is 11.0. The van der Waals surface area contributed by atoms with Crippen LogP contribution in [0.2, 0.25) is 0 Å². The lowest BCUT2D eigenvalue weighted by Gasteiger charge is -2.40. The third-order valence-electron chi connectivity index (χ3n) is 13.2. The van der Waals surface area contributed by atoms with Gasteiger partial charge in [0.05, 0.1) is 11.8 Å². The molecule has 8 atom stereocenters. The number of ether oxygens (including phenoxy) is 2. The normalized spacial score (nSPS) is 23.8. The van der Waals surface area contributed by atoms with Crippen molar-refractivity contribution in [3.63, 3.8) is 0 Å². The van der Waals surface area contributed by atoms with E-state index in [1.165, 1.54) is 66.7 Å². The fraction of sp³-hybridized carbons (Fsp3) is 0.160. The highest BCUT2D eigenvalue weighted by Crippen LogP contribution is 2.68. The first kappa shape index (κ1) is 37.3. The van der Waals surface area contributed by atoms with Crippen molar-refractivity contribution in [2.24, 2.45) is 0 Å². The molecule has 11 rings (SSSR count). The summed E-state index contributed by atoms with van der Waals surface area (Å²) in [5, 5.41) is 114. The van der Waals surface area contributed by atoms with Crippen LogP contribution in [0.1, 0.15) is 103 Å². The molecule has 0 aromatic heterocycles. The Morgan fingerprint density at radius 1 is 0.323 bits per heavy atom. The second-order valence-corrected chi connectivity index (χ2v) is 16.6. The lowest BCUT2D eigenvalue weighted by Crippen LogP contribution is -2.26. The second kappa shape index (κ2) is 13.4. The van der Waals surface area contributed by atoms with Gasteiger partial charge in [-0.1, -0.05) is 36.4 Å². The lowest BCUT2D eigenvalue weighted by atomic mass is 9.62. The van der Waals surface area contributed by atoms with Crippen molar-refractivity contribution in [1.82, 2.24) is 0 Å². The smallest absolute Gasteiger partial charge is 0.208 e. The third kappa shape index (κ3) is 5.49. The van der Waals surface area contributed by atoms with Gasteiger partial charge < -0.3 is 60.5 Å². The van der Waals surface area contributed by atoms with Gasteiger partial charge in [-0.05, 0) is 99.6 Å². The minimum absolute atomic E-state index is 0.0240. The highest BCUT2D eigenvalue weighted by atomic mass is 16.6. The quantitative estimate of drug-likeness (QED) is 0.0810.